The van der Waals surface area contributed by atoms with E-state index >= 15 is 0 Å². The lowest BCUT2D eigenvalue weighted by Crippen LogP contribution is -2.38. The van der Waals surface area contributed by atoms with Crippen LogP contribution in [0.4, 0.5) is 17.6 Å². The van der Waals surface area contributed by atoms with Gasteiger partial charge in [-0.2, -0.15) is 13.2 Å². The third-order valence-corrected chi connectivity index (χ3v) is 4.38. The Balaban J connectivity index is 0.00000364. The molecule has 0 aliphatic rings. The fraction of sp³-hybridized carbons (Fsp3) is 0.412. The topological polar surface area (TPSA) is 49.3 Å². The molecule has 2 aromatic rings. The van der Waals surface area contributed by atoms with Crippen molar-refractivity contribution in [2.24, 2.45) is 4.99 Å². The molecule has 0 aliphatic carbocycles. The molecule has 0 atom stereocenters. The minimum absolute atomic E-state index is 0. The number of hydrogen-bond donors (Lipinski definition) is 2. The Labute approximate surface area is 176 Å². The van der Waals surface area contributed by atoms with E-state index in [0.29, 0.717) is 42.6 Å². The van der Waals surface area contributed by atoms with Crippen LogP contribution in [-0.2, 0) is 19.1 Å². The van der Waals surface area contributed by atoms with Gasteiger partial charge in [-0.3, -0.25) is 0 Å². The molecule has 2 rings (SSSR count). The van der Waals surface area contributed by atoms with Gasteiger partial charge in [0.25, 0.3) is 0 Å². The zero-order valence-electron chi connectivity index (χ0n) is 14.9. The molecular formula is C17H21F4IN4S. The molecule has 0 unspecified atom stereocenters. The molecule has 0 saturated carbocycles. The maximum Gasteiger partial charge on any atom is 0.434 e. The average Bonchev–Trinajstić information content (AvgIpc) is 3.05. The molecule has 27 heavy (non-hydrogen) atoms. The molecule has 1 aromatic carbocycles. The highest BCUT2D eigenvalue weighted by Crippen LogP contribution is 2.29. The van der Waals surface area contributed by atoms with E-state index in [2.05, 4.69) is 20.6 Å². The van der Waals surface area contributed by atoms with Crippen molar-refractivity contribution in [3.63, 3.8) is 0 Å². The van der Waals surface area contributed by atoms with Crippen LogP contribution in [0.3, 0.4) is 0 Å². The van der Waals surface area contributed by atoms with Crippen LogP contribution in [0.15, 0.2) is 28.6 Å². The molecule has 1 heterocycles. The van der Waals surface area contributed by atoms with E-state index in [1.54, 1.807) is 19.1 Å². The number of aryl methyl sites for hydroxylation is 1. The summed E-state index contributed by atoms with van der Waals surface area (Å²) in [5, 5.41) is 7.51. The summed E-state index contributed by atoms with van der Waals surface area (Å²) in [4.78, 5) is 7.95. The zero-order valence-corrected chi connectivity index (χ0v) is 18.0. The lowest BCUT2D eigenvalue weighted by molar-refractivity contribution is -0.140. The van der Waals surface area contributed by atoms with Gasteiger partial charge in [-0.05, 0) is 31.0 Å². The number of rotatable bonds is 6. The first-order chi connectivity index (χ1) is 12.3. The minimum Gasteiger partial charge on any atom is -0.357 e. The van der Waals surface area contributed by atoms with Gasteiger partial charge in [0.1, 0.15) is 5.82 Å². The quantitative estimate of drug-likeness (QED) is 0.257. The molecule has 0 bridgehead atoms. The van der Waals surface area contributed by atoms with Crippen molar-refractivity contribution >= 4 is 41.3 Å². The Morgan fingerprint density at radius 1 is 1.26 bits per heavy atom. The summed E-state index contributed by atoms with van der Waals surface area (Å²) >= 11 is 0.982. The van der Waals surface area contributed by atoms with Crippen molar-refractivity contribution in [3.05, 3.63) is 51.2 Å². The van der Waals surface area contributed by atoms with Gasteiger partial charge in [0.05, 0.1) is 11.6 Å². The van der Waals surface area contributed by atoms with Crippen LogP contribution in [0.1, 0.15) is 28.8 Å². The Morgan fingerprint density at radius 2 is 2.00 bits per heavy atom. The van der Waals surface area contributed by atoms with Crippen molar-refractivity contribution in [1.29, 1.82) is 0 Å². The highest BCUT2D eigenvalue weighted by Gasteiger charge is 2.33. The summed E-state index contributed by atoms with van der Waals surface area (Å²) in [6.45, 7) is 4.90. The summed E-state index contributed by atoms with van der Waals surface area (Å²) in [5.41, 5.74) is 0.448. The van der Waals surface area contributed by atoms with Crippen molar-refractivity contribution in [2.45, 2.75) is 33.0 Å². The number of thiazole rings is 1. The van der Waals surface area contributed by atoms with Gasteiger partial charge in [-0.1, -0.05) is 12.1 Å². The predicted octanol–water partition coefficient (Wildman–Crippen LogP) is 4.53. The van der Waals surface area contributed by atoms with E-state index in [4.69, 9.17) is 0 Å². The van der Waals surface area contributed by atoms with Crippen LogP contribution < -0.4 is 10.6 Å². The van der Waals surface area contributed by atoms with Crippen LogP contribution in [-0.4, -0.2) is 24.0 Å². The van der Waals surface area contributed by atoms with E-state index in [-0.39, 0.29) is 29.8 Å². The summed E-state index contributed by atoms with van der Waals surface area (Å²) < 4.78 is 51.2. The van der Waals surface area contributed by atoms with Crippen molar-refractivity contribution in [2.75, 3.05) is 13.1 Å². The van der Waals surface area contributed by atoms with Gasteiger partial charge in [0.2, 0.25) is 0 Å². The maximum atomic E-state index is 13.6. The lowest BCUT2D eigenvalue weighted by Gasteiger charge is -2.11. The SMILES string of the molecule is CCNC(=NCc1ccc(C)c(F)c1)NCCc1nc(C(F)(F)F)cs1.I. The number of halogens is 5. The van der Waals surface area contributed by atoms with E-state index in [1.165, 1.54) is 6.07 Å². The first kappa shape index (κ1) is 23.6. The van der Waals surface area contributed by atoms with Gasteiger partial charge < -0.3 is 10.6 Å². The van der Waals surface area contributed by atoms with Crippen molar-refractivity contribution in [3.8, 4) is 0 Å². The number of aromatic nitrogens is 1. The Bertz CT molecular complexity index is 762. The smallest absolute Gasteiger partial charge is 0.357 e. The number of guanidine groups is 1. The molecule has 10 heteroatoms. The normalized spacial score (nSPS) is 11.9. The van der Waals surface area contributed by atoms with Crippen LogP contribution in [0.25, 0.3) is 0 Å². The van der Waals surface area contributed by atoms with Gasteiger partial charge >= 0.3 is 6.18 Å². The highest BCUT2D eigenvalue weighted by atomic mass is 127. The molecule has 2 N–H and O–H groups in total. The number of nitrogens with zero attached hydrogens (tertiary/aromatic N) is 2. The molecule has 0 aliphatic heterocycles. The van der Waals surface area contributed by atoms with E-state index in [0.717, 1.165) is 22.3 Å². The van der Waals surface area contributed by atoms with Crippen LogP contribution in [0, 0.1) is 12.7 Å². The lowest BCUT2D eigenvalue weighted by atomic mass is 10.1. The van der Waals surface area contributed by atoms with Gasteiger partial charge in [-0.25, -0.2) is 14.4 Å². The van der Waals surface area contributed by atoms with Gasteiger partial charge in [0, 0.05) is 24.9 Å². The summed E-state index contributed by atoms with van der Waals surface area (Å²) in [7, 11) is 0. The molecular weight excluding hydrogens is 495 g/mol. The first-order valence-corrected chi connectivity index (χ1v) is 8.96. The highest BCUT2D eigenvalue weighted by molar-refractivity contribution is 14.0. The Hall–Kier alpha value is -1.43. The molecule has 150 valence electrons. The second-order valence-electron chi connectivity index (χ2n) is 5.58. The largest absolute Gasteiger partial charge is 0.434 e. The van der Waals surface area contributed by atoms with Crippen molar-refractivity contribution < 1.29 is 17.6 Å². The summed E-state index contributed by atoms with van der Waals surface area (Å²) in [6, 6.07) is 4.94. The summed E-state index contributed by atoms with van der Waals surface area (Å²) in [5.74, 6) is 0.237. The van der Waals surface area contributed by atoms with Crippen LogP contribution in [0.5, 0.6) is 0 Å². The number of hydrogen-bond acceptors (Lipinski definition) is 3. The second kappa shape index (κ2) is 10.8. The predicted molar refractivity (Wildman–Crippen MR) is 110 cm³/mol. The maximum absolute atomic E-state index is 13.6. The second-order valence-corrected chi connectivity index (χ2v) is 6.52. The Morgan fingerprint density at radius 3 is 2.59 bits per heavy atom. The third kappa shape index (κ3) is 7.60. The molecule has 0 amide bonds. The van der Waals surface area contributed by atoms with Crippen LogP contribution in [0.2, 0.25) is 0 Å². The van der Waals surface area contributed by atoms with Crippen molar-refractivity contribution in [1.82, 2.24) is 15.6 Å². The number of aliphatic imine (C=N–C) groups is 1. The standard InChI is InChI=1S/C17H20F4N4S.HI/c1-3-22-16(24-9-12-5-4-11(2)13(18)8-12)23-7-6-15-25-14(10-26-15)17(19,20)21;/h4-5,8,10H,3,6-7,9H2,1-2H3,(H2,22,23,24);1H. The van der Waals surface area contributed by atoms with E-state index in [9.17, 15) is 17.6 Å². The molecule has 1 aromatic heterocycles. The zero-order chi connectivity index (χ0) is 19.2. The average molecular weight is 516 g/mol. The number of benzene rings is 1. The fourth-order valence-corrected chi connectivity index (χ4v) is 2.90. The fourth-order valence-electron chi connectivity index (χ4n) is 2.09. The van der Waals surface area contributed by atoms with E-state index in [1.807, 2.05) is 6.92 Å². The first-order valence-electron chi connectivity index (χ1n) is 8.08. The molecule has 0 fully saturated rings. The number of alkyl halides is 3. The Kier molecular flexibility index (Phi) is 9.43. The monoisotopic (exact) mass is 516 g/mol. The summed E-state index contributed by atoms with van der Waals surface area (Å²) in [6.07, 6.45) is -4.06. The van der Waals surface area contributed by atoms with Crippen LogP contribution >= 0.6 is 35.3 Å². The molecule has 4 nitrogen and oxygen atoms in total. The third-order valence-electron chi connectivity index (χ3n) is 3.47. The molecule has 0 radical (unpaired) electrons. The molecule has 0 spiro atoms. The molecule has 0 saturated heterocycles. The van der Waals surface area contributed by atoms with Gasteiger partial charge in [-0.15, -0.1) is 35.3 Å². The van der Waals surface area contributed by atoms with Gasteiger partial charge in [0.15, 0.2) is 11.7 Å². The minimum atomic E-state index is -4.41. The van der Waals surface area contributed by atoms with E-state index < -0.39 is 11.9 Å². The number of nitrogens with one attached hydrogen (secondary N) is 2.